The zero-order valence-corrected chi connectivity index (χ0v) is 9.56. The number of aryl methyl sites for hydroxylation is 2. The molecule has 0 fully saturated rings. The van der Waals surface area contributed by atoms with Gasteiger partial charge in [-0.1, -0.05) is 5.16 Å². The number of aromatic nitrogens is 3. The Morgan fingerprint density at radius 3 is 3.12 bits per heavy atom. The molecule has 2 N–H and O–H groups in total. The molecule has 2 rings (SSSR count). The molecule has 6 nitrogen and oxygen atoms in total. The highest BCUT2D eigenvalue weighted by atomic mass is 16.5. The standard InChI is InChI=1S/C11H14N4O2/c1-8-9(7-15-17-8)11(16)14-4-2-3-10-12-5-6-13-10/h5-7H,2-4H2,1H3,(H,12,13)(H,14,16). The van der Waals surface area contributed by atoms with Gasteiger partial charge in [0.1, 0.15) is 17.1 Å². The van der Waals surface area contributed by atoms with Crippen LogP contribution < -0.4 is 5.32 Å². The van der Waals surface area contributed by atoms with Gasteiger partial charge >= 0.3 is 0 Å². The van der Waals surface area contributed by atoms with Crippen LogP contribution in [0.2, 0.25) is 0 Å². The van der Waals surface area contributed by atoms with E-state index in [1.807, 2.05) is 0 Å². The van der Waals surface area contributed by atoms with Crippen LogP contribution in [0.25, 0.3) is 0 Å². The summed E-state index contributed by atoms with van der Waals surface area (Å²) in [6, 6.07) is 0. The van der Waals surface area contributed by atoms with Crippen molar-refractivity contribution in [2.45, 2.75) is 19.8 Å². The van der Waals surface area contributed by atoms with E-state index in [0.29, 0.717) is 17.9 Å². The third kappa shape index (κ3) is 2.93. The second-order valence-corrected chi connectivity index (χ2v) is 3.69. The van der Waals surface area contributed by atoms with Crippen LogP contribution in [-0.4, -0.2) is 27.6 Å². The van der Waals surface area contributed by atoms with Crippen LogP contribution in [0.4, 0.5) is 0 Å². The van der Waals surface area contributed by atoms with Crippen molar-refractivity contribution in [1.29, 1.82) is 0 Å². The van der Waals surface area contributed by atoms with Gasteiger partial charge in [-0.15, -0.1) is 0 Å². The summed E-state index contributed by atoms with van der Waals surface area (Å²) in [7, 11) is 0. The molecule has 0 aliphatic carbocycles. The maximum absolute atomic E-state index is 11.7. The monoisotopic (exact) mass is 234 g/mol. The summed E-state index contributed by atoms with van der Waals surface area (Å²) in [5, 5.41) is 6.37. The Hall–Kier alpha value is -2.11. The zero-order valence-electron chi connectivity index (χ0n) is 9.56. The highest BCUT2D eigenvalue weighted by Gasteiger charge is 2.11. The lowest BCUT2D eigenvalue weighted by molar-refractivity contribution is 0.0951. The Morgan fingerprint density at radius 1 is 1.59 bits per heavy atom. The second-order valence-electron chi connectivity index (χ2n) is 3.69. The lowest BCUT2D eigenvalue weighted by Gasteiger charge is -2.02. The fourth-order valence-electron chi connectivity index (χ4n) is 1.50. The molecule has 0 saturated carbocycles. The SMILES string of the molecule is Cc1oncc1C(=O)NCCCc1ncc[nH]1. The molecule has 1 amide bonds. The van der Waals surface area contributed by atoms with Crippen molar-refractivity contribution in [2.75, 3.05) is 6.54 Å². The summed E-state index contributed by atoms with van der Waals surface area (Å²) in [4.78, 5) is 18.8. The fourth-order valence-corrected chi connectivity index (χ4v) is 1.50. The Morgan fingerprint density at radius 2 is 2.47 bits per heavy atom. The van der Waals surface area contributed by atoms with E-state index < -0.39 is 0 Å². The molecular formula is C11H14N4O2. The van der Waals surface area contributed by atoms with Crippen molar-refractivity contribution < 1.29 is 9.32 Å². The first-order valence-corrected chi connectivity index (χ1v) is 5.45. The van der Waals surface area contributed by atoms with Crippen LogP contribution in [0.15, 0.2) is 23.1 Å². The number of hydrogen-bond acceptors (Lipinski definition) is 4. The Bertz CT molecular complexity index is 475. The molecule has 0 aliphatic rings. The summed E-state index contributed by atoms with van der Waals surface area (Å²) in [6.07, 6.45) is 6.58. The maximum atomic E-state index is 11.7. The zero-order chi connectivity index (χ0) is 12.1. The molecule has 2 aromatic rings. The molecule has 0 spiro atoms. The molecule has 0 unspecified atom stereocenters. The lowest BCUT2D eigenvalue weighted by Crippen LogP contribution is -2.25. The first-order valence-electron chi connectivity index (χ1n) is 5.45. The molecule has 90 valence electrons. The van der Waals surface area contributed by atoms with Crippen molar-refractivity contribution in [3.63, 3.8) is 0 Å². The predicted octanol–water partition coefficient (Wildman–Crippen LogP) is 1.07. The molecule has 0 bridgehead atoms. The Kier molecular flexibility index (Phi) is 3.54. The summed E-state index contributed by atoms with van der Waals surface area (Å²) < 4.78 is 4.83. The number of hydrogen-bond donors (Lipinski definition) is 2. The summed E-state index contributed by atoms with van der Waals surface area (Å²) in [5.41, 5.74) is 0.489. The third-order valence-corrected chi connectivity index (χ3v) is 2.43. The van der Waals surface area contributed by atoms with Gasteiger partial charge in [-0.05, 0) is 13.3 Å². The normalized spacial score (nSPS) is 10.4. The maximum Gasteiger partial charge on any atom is 0.256 e. The molecule has 0 saturated heterocycles. The molecule has 0 radical (unpaired) electrons. The molecule has 2 heterocycles. The van der Waals surface area contributed by atoms with Gasteiger partial charge in [-0.2, -0.15) is 0 Å². The number of H-pyrrole nitrogens is 1. The highest BCUT2D eigenvalue weighted by molar-refractivity contribution is 5.94. The van der Waals surface area contributed by atoms with Crippen LogP contribution in [0, 0.1) is 6.92 Å². The minimum Gasteiger partial charge on any atom is -0.361 e. The van der Waals surface area contributed by atoms with Crippen LogP contribution in [0.5, 0.6) is 0 Å². The van der Waals surface area contributed by atoms with Gasteiger partial charge in [0.2, 0.25) is 0 Å². The molecule has 0 aromatic carbocycles. The van der Waals surface area contributed by atoms with Gasteiger partial charge in [0.05, 0.1) is 6.20 Å². The topological polar surface area (TPSA) is 83.8 Å². The number of nitrogens with zero attached hydrogens (tertiary/aromatic N) is 2. The molecule has 17 heavy (non-hydrogen) atoms. The first-order chi connectivity index (χ1) is 8.27. The molecule has 0 aliphatic heterocycles. The van der Waals surface area contributed by atoms with Gasteiger partial charge in [0.15, 0.2) is 0 Å². The van der Waals surface area contributed by atoms with Crippen LogP contribution >= 0.6 is 0 Å². The van der Waals surface area contributed by atoms with E-state index in [2.05, 4.69) is 20.4 Å². The number of carbonyl (C=O) groups excluding carboxylic acids is 1. The third-order valence-electron chi connectivity index (χ3n) is 2.43. The lowest BCUT2D eigenvalue weighted by atomic mass is 10.2. The van der Waals surface area contributed by atoms with E-state index in [0.717, 1.165) is 18.7 Å². The summed E-state index contributed by atoms with van der Waals surface area (Å²) in [5.74, 6) is 1.32. The number of rotatable bonds is 5. The molecular weight excluding hydrogens is 220 g/mol. The smallest absolute Gasteiger partial charge is 0.256 e. The number of amides is 1. The number of carbonyl (C=O) groups is 1. The average molecular weight is 234 g/mol. The Labute approximate surface area is 98.4 Å². The van der Waals surface area contributed by atoms with E-state index in [4.69, 9.17) is 4.52 Å². The van der Waals surface area contributed by atoms with Crippen molar-refractivity contribution in [3.05, 3.63) is 35.7 Å². The van der Waals surface area contributed by atoms with Crippen molar-refractivity contribution in [3.8, 4) is 0 Å². The fraction of sp³-hybridized carbons (Fsp3) is 0.364. The van der Waals surface area contributed by atoms with E-state index in [9.17, 15) is 4.79 Å². The van der Waals surface area contributed by atoms with Crippen molar-refractivity contribution >= 4 is 5.91 Å². The minimum absolute atomic E-state index is 0.150. The number of aromatic amines is 1. The second kappa shape index (κ2) is 5.29. The Balaban J connectivity index is 1.72. The van der Waals surface area contributed by atoms with Gasteiger partial charge in [0, 0.05) is 25.4 Å². The van der Waals surface area contributed by atoms with E-state index in [1.165, 1.54) is 6.20 Å². The first kappa shape index (κ1) is 11.4. The largest absolute Gasteiger partial charge is 0.361 e. The van der Waals surface area contributed by atoms with Crippen LogP contribution in [0.3, 0.4) is 0 Å². The quantitative estimate of drug-likeness (QED) is 0.758. The molecule has 0 atom stereocenters. The van der Waals surface area contributed by atoms with Crippen molar-refractivity contribution in [2.24, 2.45) is 0 Å². The highest BCUT2D eigenvalue weighted by Crippen LogP contribution is 2.05. The van der Waals surface area contributed by atoms with Crippen LogP contribution in [-0.2, 0) is 6.42 Å². The summed E-state index contributed by atoms with van der Waals surface area (Å²) in [6.45, 7) is 2.31. The van der Waals surface area contributed by atoms with Gasteiger partial charge in [0.25, 0.3) is 5.91 Å². The summed E-state index contributed by atoms with van der Waals surface area (Å²) >= 11 is 0. The number of imidazole rings is 1. The van der Waals surface area contributed by atoms with E-state index in [-0.39, 0.29) is 5.91 Å². The molecule has 6 heteroatoms. The van der Waals surface area contributed by atoms with Crippen molar-refractivity contribution in [1.82, 2.24) is 20.4 Å². The van der Waals surface area contributed by atoms with Gasteiger partial charge in [-0.25, -0.2) is 4.98 Å². The van der Waals surface area contributed by atoms with E-state index in [1.54, 1.807) is 19.3 Å². The van der Waals surface area contributed by atoms with E-state index >= 15 is 0 Å². The predicted molar refractivity (Wildman–Crippen MR) is 60.5 cm³/mol. The van der Waals surface area contributed by atoms with Gasteiger partial charge < -0.3 is 14.8 Å². The minimum atomic E-state index is -0.150. The van der Waals surface area contributed by atoms with Crippen LogP contribution in [0.1, 0.15) is 28.4 Å². The van der Waals surface area contributed by atoms with Gasteiger partial charge in [-0.3, -0.25) is 4.79 Å². The average Bonchev–Trinajstić information content (AvgIpc) is 2.95. The molecule has 2 aromatic heterocycles. The number of nitrogens with one attached hydrogen (secondary N) is 2.